The van der Waals surface area contributed by atoms with Crippen molar-refractivity contribution in [3.05, 3.63) is 42.5 Å². The van der Waals surface area contributed by atoms with E-state index in [9.17, 15) is 14.4 Å². The van der Waals surface area contributed by atoms with E-state index >= 15 is 0 Å². The lowest BCUT2D eigenvalue weighted by Gasteiger charge is -2.19. The third-order valence-electron chi connectivity index (χ3n) is 4.68. The van der Waals surface area contributed by atoms with Gasteiger partial charge in [-0.2, -0.15) is 0 Å². The van der Waals surface area contributed by atoms with Crippen molar-refractivity contribution in [3.63, 3.8) is 0 Å². The second-order valence-corrected chi connectivity index (χ2v) is 6.93. The van der Waals surface area contributed by atoms with Gasteiger partial charge in [-0.05, 0) is 49.4 Å². The second-order valence-electron chi connectivity index (χ2n) is 6.93. The summed E-state index contributed by atoms with van der Waals surface area (Å²) in [7, 11) is 1.49. The lowest BCUT2D eigenvalue weighted by molar-refractivity contribution is -0.116. The minimum Gasteiger partial charge on any atom is -0.495 e. The van der Waals surface area contributed by atoms with Crippen LogP contribution in [0.2, 0.25) is 0 Å². The molecule has 0 atom stereocenters. The van der Waals surface area contributed by atoms with Crippen LogP contribution in [-0.4, -0.2) is 56.1 Å². The zero-order chi connectivity index (χ0) is 22.4. The van der Waals surface area contributed by atoms with Crippen molar-refractivity contribution >= 4 is 34.9 Å². The van der Waals surface area contributed by atoms with Gasteiger partial charge in [0.1, 0.15) is 18.0 Å². The number of methoxy groups -OCH3 is 1. The number of nitrogens with zero attached hydrogens (tertiary/aromatic N) is 2. The fourth-order valence-corrected chi connectivity index (χ4v) is 3.31. The van der Waals surface area contributed by atoms with Crippen LogP contribution in [0.3, 0.4) is 0 Å². The van der Waals surface area contributed by atoms with Crippen molar-refractivity contribution in [2.75, 3.05) is 48.9 Å². The highest BCUT2D eigenvalue weighted by Crippen LogP contribution is 2.28. The van der Waals surface area contributed by atoms with Gasteiger partial charge >= 0.3 is 6.03 Å². The lowest BCUT2D eigenvalue weighted by Crippen LogP contribution is -2.37. The van der Waals surface area contributed by atoms with Crippen LogP contribution in [0.15, 0.2) is 42.5 Å². The number of carbonyl (C=O) groups is 3. The zero-order valence-corrected chi connectivity index (χ0v) is 17.8. The molecule has 9 heteroatoms. The van der Waals surface area contributed by atoms with Crippen LogP contribution in [-0.2, 0) is 9.59 Å². The van der Waals surface area contributed by atoms with E-state index in [0.29, 0.717) is 36.8 Å². The third kappa shape index (κ3) is 5.44. The Balaban J connectivity index is 1.63. The molecule has 0 bridgehead atoms. The summed E-state index contributed by atoms with van der Waals surface area (Å²) in [5.74, 6) is 0.607. The van der Waals surface area contributed by atoms with E-state index < -0.39 is 0 Å². The number of ether oxygens (including phenoxy) is 2. The summed E-state index contributed by atoms with van der Waals surface area (Å²) in [5, 5.41) is 5.41. The van der Waals surface area contributed by atoms with Crippen molar-refractivity contribution in [2.45, 2.75) is 13.8 Å². The normalized spacial score (nSPS) is 13.2. The summed E-state index contributed by atoms with van der Waals surface area (Å²) >= 11 is 0. The van der Waals surface area contributed by atoms with Crippen LogP contribution in [0.4, 0.5) is 21.9 Å². The monoisotopic (exact) mass is 426 g/mol. The number of amides is 4. The minimum absolute atomic E-state index is 0.0973. The molecule has 1 saturated heterocycles. The van der Waals surface area contributed by atoms with E-state index in [0.717, 1.165) is 11.4 Å². The summed E-state index contributed by atoms with van der Waals surface area (Å²) in [4.78, 5) is 39.8. The largest absolute Gasteiger partial charge is 0.495 e. The number of carbonyl (C=O) groups excluding carboxylic acids is 3. The highest BCUT2D eigenvalue weighted by molar-refractivity contribution is 6.00. The van der Waals surface area contributed by atoms with Gasteiger partial charge in [0.05, 0.1) is 19.4 Å². The molecule has 1 aliphatic heterocycles. The summed E-state index contributed by atoms with van der Waals surface area (Å²) in [6, 6.07) is 12.0. The Morgan fingerprint density at radius 1 is 1.06 bits per heavy atom. The number of nitrogens with one attached hydrogen (secondary N) is 2. The topological polar surface area (TPSA) is 100 Å². The lowest BCUT2D eigenvalue weighted by atomic mass is 10.2. The van der Waals surface area contributed by atoms with Gasteiger partial charge in [0.25, 0.3) is 0 Å². The Bertz CT molecular complexity index is 961. The van der Waals surface area contributed by atoms with Crippen molar-refractivity contribution in [1.29, 1.82) is 0 Å². The number of benzene rings is 2. The van der Waals surface area contributed by atoms with Gasteiger partial charge in [-0.25, -0.2) is 4.79 Å². The quantitative estimate of drug-likeness (QED) is 0.676. The van der Waals surface area contributed by atoms with Crippen LogP contribution < -0.4 is 25.0 Å². The van der Waals surface area contributed by atoms with Gasteiger partial charge in [-0.1, -0.05) is 0 Å². The first-order valence-corrected chi connectivity index (χ1v) is 9.96. The third-order valence-corrected chi connectivity index (χ3v) is 4.68. The average Bonchev–Trinajstić information content (AvgIpc) is 3.09. The Morgan fingerprint density at radius 2 is 1.81 bits per heavy atom. The van der Waals surface area contributed by atoms with Gasteiger partial charge in [-0.15, -0.1) is 0 Å². The van der Waals surface area contributed by atoms with Crippen LogP contribution in [0, 0.1) is 0 Å². The van der Waals surface area contributed by atoms with Crippen LogP contribution in [0.1, 0.15) is 13.8 Å². The number of urea groups is 1. The number of anilines is 3. The van der Waals surface area contributed by atoms with E-state index in [2.05, 4.69) is 10.6 Å². The van der Waals surface area contributed by atoms with E-state index in [4.69, 9.17) is 9.47 Å². The molecule has 2 aromatic rings. The van der Waals surface area contributed by atoms with Gasteiger partial charge in [0, 0.05) is 31.4 Å². The molecule has 2 aromatic carbocycles. The molecule has 0 aromatic heterocycles. The molecule has 0 saturated carbocycles. The van der Waals surface area contributed by atoms with E-state index in [-0.39, 0.29) is 24.4 Å². The van der Waals surface area contributed by atoms with Gasteiger partial charge in [-0.3, -0.25) is 14.5 Å². The molecule has 9 nitrogen and oxygen atoms in total. The Labute approximate surface area is 180 Å². The maximum Gasteiger partial charge on any atom is 0.325 e. The molecule has 4 amide bonds. The molecule has 0 radical (unpaired) electrons. The van der Waals surface area contributed by atoms with E-state index in [1.54, 1.807) is 23.1 Å². The van der Waals surface area contributed by atoms with Crippen LogP contribution >= 0.6 is 0 Å². The molecule has 2 N–H and O–H groups in total. The van der Waals surface area contributed by atoms with Gasteiger partial charge < -0.3 is 25.0 Å². The molecule has 1 fully saturated rings. The molecular formula is C22H26N4O5. The number of hydrogen-bond acceptors (Lipinski definition) is 5. The minimum atomic E-state index is -0.361. The SMILES string of the molecule is CCOc1ccc(N2CCN(CC(=O)Nc3cc(NC(C)=O)ccc3OC)C2=O)cc1. The van der Waals surface area contributed by atoms with Crippen molar-refractivity contribution in [2.24, 2.45) is 0 Å². The number of rotatable bonds is 8. The van der Waals surface area contributed by atoms with Gasteiger partial charge in [0.15, 0.2) is 0 Å². The molecule has 3 rings (SSSR count). The highest BCUT2D eigenvalue weighted by Gasteiger charge is 2.31. The van der Waals surface area contributed by atoms with Crippen molar-refractivity contribution in [1.82, 2.24) is 4.90 Å². The fraction of sp³-hybridized carbons (Fsp3) is 0.318. The molecule has 0 unspecified atom stereocenters. The van der Waals surface area contributed by atoms with E-state index in [1.165, 1.54) is 18.9 Å². The molecule has 164 valence electrons. The smallest absolute Gasteiger partial charge is 0.325 e. The molecule has 31 heavy (non-hydrogen) atoms. The Hall–Kier alpha value is -3.75. The summed E-state index contributed by atoms with van der Waals surface area (Å²) in [5.41, 5.74) is 1.69. The van der Waals surface area contributed by atoms with Crippen LogP contribution in [0.25, 0.3) is 0 Å². The average molecular weight is 426 g/mol. The van der Waals surface area contributed by atoms with Crippen molar-refractivity contribution in [3.8, 4) is 11.5 Å². The molecule has 1 heterocycles. The number of hydrogen-bond donors (Lipinski definition) is 2. The summed E-state index contributed by atoms with van der Waals surface area (Å²) in [6.45, 7) is 4.71. The highest BCUT2D eigenvalue weighted by atomic mass is 16.5. The predicted molar refractivity (Wildman–Crippen MR) is 118 cm³/mol. The van der Waals surface area contributed by atoms with Crippen molar-refractivity contribution < 1.29 is 23.9 Å². The fourth-order valence-electron chi connectivity index (χ4n) is 3.31. The Morgan fingerprint density at radius 3 is 2.45 bits per heavy atom. The Kier molecular flexibility index (Phi) is 6.96. The maximum atomic E-state index is 12.8. The standard InChI is InChI=1S/C22H26N4O5/c1-4-31-18-8-6-17(7-9-18)26-12-11-25(22(26)29)14-21(28)24-19-13-16(23-15(2)27)5-10-20(19)30-3/h5-10,13H,4,11-12,14H2,1-3H3,(H,23,27)(H,24,28). The summed E-state index contributed by atoms with van der Waals surface area (Å²) in [6.07, 6.45) is 0. The molecule has 1 aliphatic rings. The zero-order valence-electron chi connectivity index (χ0n) is 17.8. The first kappa shape index (κ1) is 21.9. The molecule has 0 spiro atoms. The van der Waals surface area contributed by atoms with Gasteiger partial charge in [0.2, 0.25) is 11.8 Å². The predicted octanol–water partition coefficient (Wildman–Crippen LogP) is 2.93. The molecule has 0 aliphatic carbocycles. The maximum absolute atomic E-state index is 12.8. The first-order valence-electron chi connectivity index (χ1n) is 9.96. The second kappa shape index (κ2) is 9.84. The van der Waals surface area contributed by atoms with E-state index in [1.807, 2.05) is 31.2 Å². The summed E-state index contributed by atoms with van der Waals surface area (Å²) < 4.78 is 10.7. The first-order chi connectivity index (χ1) is 14.9. The van der Waals surface area contributed by atoms with Crippen LogP contribution in [0.5, 0.6) is 11.5 Å². The molecular weight excluding hydrogens is 400 g/mol.